The molecule has 12 heteroatoms. The van der Waals surface area contributed by atoms with Crippen LogP contribution in [0.15, 0.2) is 102 Å². The van der Waals surface area contributed by atoms with Crippen molar-refractivity contribution in [3.05, 3.63) is 135 Å². The molecular weight excluding hydrogens is 571 g/mol. The van der Waals surface area contributed by atoms with Gasteiger partial charge in [0.25, 0.3) is 5.56 Å². The Labute approximate surface area is 243 Å². The van der Waals surface area contributed by atoms with Gasteiger partial charge in [-0.25, -0.2) is 18.8 Å². The third-order valence-corrected chi connectivity index (χ3v) is 6.54. The maximum absolute atomic E-state index is 14.0. The van der Waals surface area contributed by atoms with Crippen molar-refractivity contribution in [1.29, 1.82) is 0 Å². The van der Waals surface area contributed by atoms with E-state index in [1.165, 1.54) is 24.3 Å². The molecule has 1 aromatic heterocycles. The van der Waals surface area contributed by atoms with Gasteiger partial charge in [-0.3, -0.25) is 4.79 Å². The molecule has 214 valence electrons. The second-order valence-corrected chi connectivity index (χ2v) is 9.43. The molecule has 4 atom stereocenters. The fourth-order valence-corrected chi connectivity index (χ4v) is 4.40. The molecule has 3 aromatic carbocycles. The van der Waals surface area contributed by atoms with Crippen LogP contribution in [0.25, 0.3) is 0 Å². The van der Waals surface area contributed by atoms with E-state index in [1.807, 2.05) is 0 Å². The van der Waals surface area contributed by atoms with Crippen LogP contribution in [0.2, 0.25) is 5.15 Å². The Kier molecular flexibility index (Phi) is 8.70. The predicted octanol–water partition coefficient (Wildman–Crippen LogP) is 4.24. The molecule has 0 amide bonds. The first kappa shape index (κ1) is 28.7. The monoisotopic (exact) mass is 592 g/mol. The zero-order chi connectivity index (χ0) is 29.6. The average molecular weight is 593 g/mol. The number of esters is 3. The Morgan fingerprint density at radius 2 is 1.26 bits per heavy atom. The molecule has 10 nitrogen and oxygen atoms in total. The van der Waals surface area contributed by atoms with E-state index >= 15 is 0 Å². The van der Waals surface area contributed by atoms with Crippen LogP contribution in [0.3, 0.4) is 0 Å². The van der Waals surface area contributed by atoms with Gasteiger partial charge in [0.15, 0.2) is 29.4 Å². The lowest BCUT2D eigenvalue weighted by Crippen LogP contribution is -2.42. The van der Waals surface area contributed by atoms with E-state index < -0.39 is 65.6 Å². The highest BCUT2D eigenvalue weighted by Gasteiger charge is 2.52. The summed E-state index contributed by atoms with van der Waals surface area (Å²) in [6.07, 6.45) is -5.70. The zero-order valence-corrected chi connectivity index (χ0v) is 22.4. The molecule has 0 spiro atoms. The normalized spacial score (nSPS) is 19.6. The fourth-order valence-electron chi connectivity index (χ4n) is 4.26. The quantitative estimate of drug-likeness (QED) is 0.218. The molecule has 0 radical (unpaired) electrons. The molecule has 5 rings (SSSR count). The van der Waals surface area contributed by atoms with E-state index in [2.05, 4.69) is 5.10 Å². The molecule has 4 aromatic rings. The lowest BCUT2D eigenvalue weighted by atomic mass is 10.1. The molecule has 0 unspecified atom stereocenters. The number of nitrogens with zero attached hydrogens (tertiary/aromatic N) is 2. The standard InChI is InChI=1S/C30H22ClFN2O8/c31-26-21(32)16-23(35)34(33-26)27-25(42-30(38)20-14-8-3-9-15-20)24(41-29(37)19-12-6-2-7-13-19)22(40-27)17-39-28(36)18-10-4-1-5-11-18/h1-16,22,24-25,27H,17H2/t22-,24-,25-,27-/m1/s1. The molecule has 1 aliphatic rings. The van der Waals surface area contributed by atoms with E-state index in [0.717, 1.165) is 0 Å². The minimum atomic E-state index is -1.54. The SMILES string of the molecule is O=C(OC[C@H]1O[C@@H](n2nc(Cl)c(F)cc2=O)[C@H](OC(=O)c2ccccc2)[C@@H]1OC(=O)c1ccccc1)c1ccccc1. The lowest BCUT2D eigenvalue weighted by Gasteiger charge is -2.24. The van der Waals surface area contributed by atoms with Gasteiger partial charge >= 0.3 is 17.9 Å². The molecule has 1 fully saturated rings. The van der Waals surface area contributed by atoms with Crippen molar-refractivity contribution in [2.75, 3.05) is 6.61 Å². The molecule has 0 bridgehead atoms. The number of carbonyl (C=O) groups is 3. The summed E-state index contributed by atoms with van der Waals surface area (Å²) in [4.78, 5) is 51.7. The number of rotatable bonds is 8. The molecule has 0 aliphatic carbocycles. The minimum absolute atomic E-state index is 0.154. The number of carbonyl (C=O) groups excluding carboxylic acids is 3. The van der Waals surface area contributed by atoms with Crippen LogP contribution in [0.5, 0.6) is 0 Å². The largest absolute Gasteiger partial charge is 0.459 e. The molecule has 42 heavy (non-hydrogen) atoms. The van der Waals surface area contributed by atoms with Crippen molar-refractivity contribution in [3.8, 4) is 0 Å². The van der Waals surface area contributed by atoms with Crippen LogP contribution >= 0.6 is 11.6 Å². The molecular formula is C30H22ClFN2O8. The van der Waals surface area contributed by atoms with Gasteiger partial charge in [-0.2, -0.15) is 9.78 Å². The smallest absolute Gasteiger partial charge is 0.338 e. The van der Waals surface area contributed by atoms with E-state index in [0.29, 0.717) is 10.7 Å². The second kappa shape index (κ2) is 12.8. The highest BCUT2D eigenvalue weighted by molar-refractivity contribution is 6.29. The van der Waals surface area contributed by atoms with Gasteiger partial charge in [0.1, 0.15) is 12.7 Å². The first-order valence-corrected chi connectivity index (χ1v) is 13.0. The van der Waals surface area contributed by atoms with E-state index in [9.17, 15) is 23.6 Å². The van der Waals surface area contributed by atoms with Gasteiger partial charge in [-0.15, -0.1) is 0 Å². The number of hydrogen-bond acceptors (Lipinski definition) is 9. The molecule has 1 saturated heterocycles. The summed E-state index contributed by atoms with van der Waals surface area (Å²) in [6, 6.07) is 24.6. The fraction of sp³-hybridized carbons (Fsp3) is 0.167. The van der Waals surface area contributed by atoms with E-state index in [-0.39, 0.29) is 16.7 Å². The van der Waals surface area contributed by atoms with Crippen molar-refractivity contribution < 1.29 is 37.7 Å². The first-order valence-electron chi connectivity index (χ1n) is 12.7. The van der Waals surface area contributed by atoms with E-state index in [4.69, 9.17) is 30.5 Å². The van der Waals surface area contributed by atoms with Crippen LogP contribution in [0.4, 0.5) is 4.39 Å². The zero-order valence-electron chi connectivity index (χ0n) is 21.7. The van der Waals surface area contributed by atoms with Crippen molar-refractivity contribution in [3.63, 3.8) is 0 Å². The Hall–Kier alpha value is -4.87. The highest BCUT2D eigenvalue weighted by atomic mass is 35.5. The second-order valence-electron chi connectivity index (χ2n) is 9.07. The molecule has 1 aliphatic heterocycles. The Morgan fingerprint density at radius 3 is 1.79 bits per heavy atom. The van der Waals surface area contributed by atoms with Crippen LogP contribution < -0.4 is 5.56 Å². The number of hydrogen-bond donors (Lipinski definition) is 0. The lowest BCUT2D eigenvalue weighted by molar-refractivity contribution is -0.0693. The molecule has 0 saturated carbocycles. The maximum Gasteiger partial charge on any atom is 0.338 e. The van der Waals surface area contributed by atoms with Gasteiger partial charge in [0.05, 0.1) is 16.7 Å². The summed E-state index contributed by atoms with van der Waals surface area (Å²) in [6.45, 7) is -0.472. The number of benzene rings is 3. The van der Waals surface area contributed by atoms with Gasteiger partial charge < -0.3 is 18.9 Å². The van der Waals surface area contributed by atoms with Crippen LogP contribution in [0, 0.1) is 5.82 Å². The van der Waals surface area contributed by atoms with Crippen molar-refractivity contribution in [2.45, 2.75) is 24.5 Å². The summed E-state index contributed by atoms with van der Waals surface area (Å²) < 4.78 is 37.6. The van der Waals surface area contributed by atoms with Crippen LogP contribution in [-0.2, 0) is 18.9 Å². The van der Waals surface area contributed by atoms with E-state index in [1.54, 1.807) is 66.7 Å². The summed E-state index contributed by atoms with van der Waals surface area (Å²) in [5.74, 6) is -3.41. The summed E-state index contributed by atoms with van der Waals surface area (Å²) in [7, 11) is 0. The summed E-state index contributed by atoms with van der Waals surface area (Å²) >= 11 is 5.86. The van der Waals surface area contributed by atoms with Gasteiger partial charge in [0, 0.05) is 6.07 Å². The Bertz CT molecular complexity index is 1640. The highest BCUT2D eigenvalue weighted by Crippen LogP contribution is 2.34. The summed E-state index contributed by atoms with van der Waals surface area (Å²) in [5.41, 5.74) is -0.395. The van der Waals surface area contributed by atoms with Crippen LogP contribution in [-0.4, -0.2) is 52.6 Å². The number of aromatic nitrogens is 2. The van der Waals surface area contributed by atoms with Crippen LogP contribution in [0.1, 0.15) is 37.3 Å². The summed E-state index contributed by atoms with van der Waals surface area (Å²) in [5, 5.41) is 3.11. The number of ether oxygens (including phenoxy) is 4. The number of halogens is 2. The van der Waals surface area contributed by atoms with Crippen molar-refractivity contribution in [2.24, 2.45) is 0 Å². The molecule has 0 N–H and O–H groups in total. The third kappa shape index (κ3) is 6.37. The van der Waals surface area contributed by atoms with Gasteiger partial charge in [-0.05, 0) is 36.4 Å². The Balaban J connectivity index is 1.51. The Morgan fingerprint density at radius 1 is 0.786 bits per heavy atom. The third-order valence-electron chi connectivity index (χ3n) is 6.29. The van der Waals surface area contributed by atoms with Gasteiger partial charge in [0.2, 0.25) is 0 Å². The molecule has 2 heterocycles. The van der Waals surface area contributed by atoms with Crippen molar-refractivity contribution >= 4 is 29.5 Å². The first-order chi connectivity index (χ1) is 20.3. The minimum Gasteiger partial charge on any atom is -0.459 e. The van der Waals surface area contributed by atoms with Crippen molar-refractivity contribution in [1.82, 2.24) is 9.78 Å². The topological polar surface area (TPSA) is 123 Å². The maximum atomic E-state index is 14.0. The average Bonchev–Trinajstić information content (AvgIpc) is 3.34. The van der Waals surface area contributed by atoms with Gasteiger partial charge in [-0.1, -0.05) is 66.2 Å². The predicted molar refractivity (Wildman–Crippen MR) is 145 cm³/mol.